The first-order chi connectivity index (χ1) is 10.6. The van der Waals surface area contributed by atoms with Gasteiger partial charge in [0.1, 0.15) is 24.3 Å². The molecule has 0 aliphatic heterocycles. The van der Waals surface area contributed by atoms with Gasteiger partial charge in [-0.05, 0) is 43.3 Å². The van der Waals surface area contributed by atoms with Crippen molar-refractivity contribution in [2.75, 3.05) is 6.61 Å². The van der Waals surface area contributed by atoms with Gasteiger partial charge in [-0.1, -0.05) is 23.7 Å². The summed E-state index contributed by atoms with van der Waals surface area (Å²) >= 11 is 5.83. The number of rotatable bonds is 5. The molecule has 5 heteroatoms. The average molecular weight is 317 g/mol. The molecule has 0 radical (unpaired) electrons. The minimum absolute atomic E-state index is 0.216. The van der Waals surface area contributed by atoms with Gasteiger partial charge < -0.3 is 14.4 Å². The molecule has 0 fully saturated rings. The van der Waals surface area contributed by atoms with Crippen molar-refractivity contribution in [1.82, 2.24) is 9.55 Å². The first-order valence-corrected chi connectivity index (χ1v) is 7.49. The van der Waals surface area contributed by atoms with E-state index in [1.165, 1.54) is 0 Å². The van der Waals surface area contributed by atoms with Crippen LogP contribution in [-0.4, -0.2) is 27.4 Å². The number of nitrogens with zero attached hydrogens (tertiary/aromatic N) is 2. The summed E-state index contributed by atoms with van der Waals surface area (Å²) in [6.07, 6.45) is -0.619. The summed E-state index contributed by atoms with van der Waals surface area (Å²) in [6, 6.07) is 15.0. The Morgan fingerprint density at radius 1 is 1.18 bits per heavy atom. The molecule has 4 nitrogen and oxygen atoms in total. The number of imidazole rings is 1. The van der Waals surface area contributed by atoms with Gasteiger partial charge in [0.05, 0.1) is 17.6 Å². The third kappa shape index (κ3) is 3.24. The maximum atomic E-state index is 10.2. The highest BCUT2D eigenvalue weighted by molar-refractivity contribution is 6.30. The number of aromatic nitrogens is 2. The minimum Gasteiger partial charge on any atom is -0.491 e. The van der Waals surface area contributed by atoms with Gasteiger partial charge in [0.2, 0.25) is 0 Å². The molecular formula is C17H17ClN2O2. The molecule has 0 aliphatic carbocycles. The van der Waals surface area contributed by atoms with Crippen LogP contribution in [0.25, 0.3) is 11.0 Å². The number of fused-ring (bicyclic) bond motifs is 1. The van der Waals surface area contributed by atoms with E-state index in [4.69, 9.17) is 16.3 Å². The molecule has 0 saturated heterocycles. The van der Waals surface area contributed by atoms with Crippen molar-refractivity contribution in [1.29, 1.82) is 0 Å². The van der Waals surface area contributed by atoms with E-state index in [0.717, 1.165) is 16.9 Å². The second-order valence-corrected chi connectivity index (χ2v) is 5.61. The standard InChI is InChI=1S/C17H17ClN2O2/c1-12-19-16-4-2-3-5-17(16)20(12)10-14(21)11-22-15-8-6-13(18)7-9-15/h2-9,14,21H,10-11H2,1H3/t14-/m0/s1. The van der Waals surface area contributed by atoms with Gasteiger partial charge in [-0.3, -0.25) is 0 Å². The Morgan fingerprint density at radius 3 is 2.68 bits per heavy atom. The molecule has 0 saturated carbocycles. The van der Waals surface area contributed by atoms with E-state index < -0.39 is 6.10 Å². The lowest BCUT2D eigenvalue weighted by atomic mass is 10.3. The van der Waals surface area contributed by atoms with Crippen LogP contribution in [-0.2, 0) is 6.54 Å². The van der Waals surface area contributed by atoms with E-state index in [1.807, 2.05) is 35.8 Å². The van der Waals surface area contributed by atoms with Crippen LogP contribution < -0.4 is 4.74 Å². The summed E-state index contributed by atoms with van der Waals surface area (Å²) < 4.78 is 7.59. The minimum atomic E-state index is -0.619. The number of para-hydroxylation sites is 2. The second-order valence-electron chi connectivity index (χ2n) is 5.18. The van der Waals surface area contributed by atoms with E-state index in [9.17, 15) is 5.11 Å². The predicted octanol–water partition coefficient (Wildman–Crippen LogP) is 3.44. The summed E-state index contributed by atoms with van der Waals surface area (Å²) in [6.45, 7) is 2.60. The topological polar surface area (TPSA) is 47.3 Å². The fraction of sp³-hybridized carbons (Fsp3) is 0.235. The zero-order valence-corrected chi connectivity index (χ0v) is 13.0. The fourth-order valence-corrected chi connectivity index (χ4v) is 2.54. The average Bonchev–Trinajstić information content (AvgIpc) is 2.83. The van der Waals surface area contributed by atoms with Crippen molar-refractivity contribution in [3.63, 3.8) is 0 Å². The maximum absolute atomic E-state index is 10.2. The van der Waals surface area contributed by atoms with Gasteiger partial charge >= 0.3 is 0 Å². The highest BCUT2D eigenvalue weighted by Gasteiger charge is 2.12. The van der Waals surface area contributed by atoms with E-state index in [1.54, 1.807) is 24.3 Å². The number of hydrogen-bond donors (Lipinski definition) is 1. The lowest BCUT2D eigenvalue weighted by Crippen LogP contribution is -2.24. The Bertz CT molecular complexity index is 768. The maximum Gasteiger partial charge on any atom is 0.119 e. The smallest absolute Gasteiger partial charge is 0.119 e. The number of halogens is 1. The number of aryl methyl sites for hydroxylation is 1. The number of benzene rings is 2. The van der Waals surface area contributed by atoms with Crippen molar-refractivity contribution < 1.29 is 9.84 Å². The third-order valence-electron chi connectivity index (χ3n) is 3.49. The Morgan fingerprint density at radius 2 is 1.91 bits per heavy atom. The molecule has 0 unspecified atom stereocenters. The SMILES string of the molecule is Cc1nc2ccccc2n1C[C@H](O)COc1ccc(Cl)cc1. The van der Waals surface area contributed by atoms with Crippen LogP contribution in [0.3, 0.4) is 0 Å². The Balaban J connectivity index is 1.67. The summed E-state index contributed by atoms with van der Waals surface area (Å²) in [5.74, 6) is 1.57. The van der Waals surface area contributed by atoms with Crippen molar-refractivity contribution in [3.8, 4) is 5.75 Å². The van der Waals surface area contributed by atoms with Gasteiger partial charge in [-0.15, -0.1) is 0 Å². The van der Waals surface area contributed by atoms with Crippen LogP contribution in [0.5, 0.6) is 5.75 Å². The van der Waals surface area contributed by atoms with E-state index in [2.05, 4.69) is 4.98 Å². The van der Waals surface area contributed by atoms with Crippen molar-refractivity contribution >= 4 is 22.6 Å². The van der Waals surface area contributed by atoms with E-state index in [-0.39, 0.29) is 6.61 Å². The normalized spacial score (nSPS) is 12.5. The second kappa shape index (κ2) is 6.38. The fourth-order valence-electron chi connectivity index (χ4n) is 2.41. The quantitative estimate of drug-likeness (QED) is 0.784. The summed E-state index contributed by atoms with van der Waals surface area (Å²) in [4.78, 5) is 4.49. The molecule has 0 bridgehead atoms. The zero-order valence-electron chi connectivity index (χ0n) is 12.2. The molecule has 2 aromatic carbocycles. The van der Waals surface area contributed by atoms with Crippen molar-refractivity contribution in [2.24, 2.45) is 0 Å². The Labute approximate surface area is 133 Å². The van der Waals surface area contributed by atoms with E-state index in [0.29, 0.717) is 17.3 Å². The van der Waals surface area contributed by atoms with Crippen LogP contribution in [0.15, 0.2) is 48.5 Å². The molecule has 114 valence electrons. The first kappa shape index (κ1) is 14.9. The monoisotopic (exact) mass is 316 g/mol. The number of ether oxygens (including phenoxy) is 1. The highest BCUT2D eigenvalue weighted by Crippen LogP contribution is 2.18. The van der Waals surface area contributed by atoms with Gasteiger partial charge in [0.25, 0.3) is 0 Å². The van der Waals surface area contributed by atoms with Crippen molar-refractivity contribution in [3.05, 3.63) is 59.4 Å². The number of aliphatic hydroxyl groups excluding tert-OH is 1. The van der Waals surface area contributed by atoms with Gasteiger partial charge in [0.15, 0.2) is 0 Å². The third-order valence-corrected chi connectivity index (χ3v) is 3.75. The molecule has 0 aliphatic rings. The summed E-state index contributed by atoms with van der Waals surface area (Å²) in [5, 5.41) is 10.9. The highest BCUT2D eigenvalue weighted by atomic mass is 35.5. The van der Waals surface area contributed by atoms with Gasteiger partial charge in [0, 0.05) is 5.02 Å². The molecule has 1 N–H and O–H groups in total. The number of hydrogen-bond acceptors (Lipinski definition) is 3. The molecule has 1 atom stereocenters. The molecule has 1 aromatic heterocycles. The molecule has 0 amide bonds. The van der Waals surface area contributed by atoms with E-state index >= 15 is 0 Å². The first-order valence-electron chi connectivity index (χ1n) is 7.12. The van der Waals surface area contributed by atoms with Gasteiger partial charge in [-0.25, -0.2) is 4.98 Å². The molecule has 3 rings (SSSR count). The lowest BCUT2D eigenvalue weighted by molar-refractivity contribution is 0.0929. The molecule has 1 heterocycles. The molecular weight excluding hydrogens is 300 g/mol. The van der Waals surface area contributed by atoms with Crippen LogP contribution in [0.1, 0.15) is 5.82 Å². The van der Waals surface area contributed by atoms with Gasteiger partial charge in [-0.2, -0.15) is 0 Å². The van der Waals surface area contributed by atoms with Crippen molar-refractivity contribution in [2.45, 2.75) is 19.6 Å². The molecule has 0 spiro atoms. The Hall–Kier alpha value is -2.04. The van der Waals surface area contributed by atoms with Crippen LogP contribution >= 0.6 is 11.6 Å². The molecule has 22 heavy (non-hydrogen) atoms. The van der Waals surface area contributed by atoms with Crippen LogP contribution in [0.2, 0.25) is 5.02 Å². The lowest BCUT2D eigenvalue weighted by Gasteiger charge is -2.14. The predicted molar refractivity (Wildman–Crippen MR) is 87.4 cm³/mol. The largest absolute Gasteiger partial charge is 0.491 e. The van der Waals surface area contributed by atoms with Crippen LogP contribution in [0.4, 0.5) is 0 Å². The molecule has 3 aromatic rings. The summed E-state index contributed by atoms with van der Waals surface area (Å²) in [7, 11) is 0. The Kier molecular flexibility index (Phi) is 4.32. The van der Waals surface area contributed by atoms with Crippen LogP contribution in [0, 0.1) is 6.92 Å². The zero-order chi connectivity index (χ0) is 15.5. The number of aliphatic hydroxyl groups is 1. The summed E-state index contributed by atoms with van der Waals surface area (Å²) in [5.41, 5.74) is 1.95.